The molecule has 0 aromatic carbocycles. The van der Waals surface area contributed by atoms with Crippen LogP contribution in [0.1, 0.15) is 322 Å². The molecule has 0 fully saturated rings. The summed E-state index contributed by atoms with van der Waals surface area (Å²) >= 11 is 0. The van der Waals surface area contributed by atoms with Crippen LogP contribution >= 0.6 is 7.82 Å². The number of nitrogens with two attached hydrogens (primary N) is 1. The maximum atomic E-state index is 12.7. The smallest absolute Gasteiger partial charge is 0.462 e. The molecule has 0 bridgehead atoms. The van der Waals surface area contributed by atoms with Gasteiger partial charge in [0.2, 0.25) is 0 Å². The fraction of sp³-hybridized carbons (Fsp3) is 0.775. The lowest BCUT2D eigenvalue weighted by atomic mass is 10.0. The second kappa shape index (κ2) is 66.3. The molecule has 0 amide bonds. The fourth-order valence-corrected chi connectivity index (χ4v) is 10.6. The molecule has 0 saturated heterocycles. The number of phosphoric ester groups is 1. The molecule has 3 N–H and O–H groups in total. The summed E-state index contributed by atoms with van der Waals surface area (Å²) < 4.78 is 33.1. The van der Waals surface area contributed by atoms with Crippen molar-refractivity contribution in [1.29, 1.82) is 0 Å². The number of carbonyl (C=O) groups excluding carboxylic acids is 2. The van der Waals surface area contributed by atoms with Crippen molar-refractivity contribution in [1.82, 2.24) is 0 Å². The van der Waals surface area contributed by atoms with Gasteiger partial charge in [-0.05, 0) is 70.6 Å². The van der Waals surface area contributed by atoms with E-state index in [4.69, 9.17) is 24.3 Å². The highest BCUT2D eigenvalue weighted by Crippen LogP contribution is 2.43. The summed E-state index contributed by atoms with van der Waals surface area (Å²) in [7, 11) is -4.40. The third-order valence-corrected chi connectivity index (χ3v) is 15.8. The van der Waals surface area contributed by atoms with E-state index in [0.29, 0.717) is 6.42 Å². The number of rotatable bonds is 64. The van der Waals surface area contributed by atoms with Crippen LogP contribution < -0.4 is 5.73 Å². The van der Waals surface area contributed by atoms with Crippen LogP contribution in [0.3, 0.4) is 0 Å². The minimum absolute atomic E-state index is 0.0471. The zero-order valence-corrected chi connectivity index (χ0v) is 53.7. The number of hydrogen-bond acceptors (Lipinski definition) is 8. The number of carbonyl (C=O) groups is 2. The van der Waals surface area contributed by atoms with Crippen molar-refractivity contribution < 1.29 is 37.6 Å². The molecule has 0 aromatic rings. The molecule has 2 unspecified atom stereocenters. The zero-order valence-electron chi connectivity index (χ0n) is 52.8. The molecule has 0 heterocycles. The van der Waals surface area contributed by atoms with Crippen molar-refractivity contribution in [2.45, 2.75) is 328 Å². The topological polar surface area (TPSA) is 134 Å². The SMILES string of the molecule is CC/C=C\C/C=C\C/C=C\C/C=C\C/C=C\C/C=C\C/C=C\CCCCCCCC(=O)OC(COC(=O)CCCCCCCCCCCCCCCCCCCCCCCCCCCCCCCCCCC)COP(=O)(O)OCCN. The molecular weight excluding hydrogens is 1030 g/mol. The van der Waals surface area contributed by atoms with Crippen molar-refractivity contribution in [3.05, 3.63) is 85.1 Å². The Balaban J connectivity index is 3.90. The van der Waals surface area contributed by atoms with Gasteiger partial charge in [0.25, 0.3) is 0 Å². The van der Waals surface area contributed by atoms with E-state index in [0.717, 1.165) is 96.3 Å². The van der Waals surface area contributed by atoms with Crippen molar-refractivity contribution in [2.24, 2.45) is 5.73 Å². The molecule has 81 heavy (non-hydrogen) atoms. The Labute approximate surface area is 500 Å². The largest absolute Gasteiger partial charge is 0.472 e. The summed E-state index contributed by atoms with van der Waals surface area (Å²) in [6.07, 6.45) is 88.2. The van der Waals surface area contributed by atoms with Gasteiger partial charge in [0.15, 0.2) is 6.10 Å². The summed E-state index contributed by atoms with van der Waals surface area (Å²) in [6.45, 7) is 3.65. The molecule has 0 saturated carbocycles. The number of esters is 2. The Kier molecular flexibility index (Phi) is 64.0. The maximum absolute atomic E-state index is 12.7. The van der Waals surface area contributed by atoms with Gasteiger partial charge in [-0.1, -0.05) is 324 Å². The van der Waals surface area contributed by atoms with E-state index in [1.807, 2.05) is 0 Å². The third-order valence-electron chi connectivity index (χ3n) is 14.8. The lowest BCUT2D eigenvalue weighted by Gasteiger charge is -2.19. The van der Waals surface area contributed by atoms with Gasteiger partial charge in [0.1, 0.15) is 6.61 Å². The Morgan fingerprint density at radius 3 is 1.01 bits per heavy atom. The van der Waals surface area contributed by atoms with Gasteiger partial charge in [-0.2, -0.15) is 0 Å². The molecular formula is C71H128NO8P. The van der Waals surface area contributed by atoms with E-state index in [1.165, 1.54) is 193 Å². The molecule has 9 nitrogen and oxygen atoms in total. The lowest BCUT2D eigenvalue weighted by Crippen LogP contribution is -2.29. The number of phosphoric acid groups is 1. The summed E-state index contributed by atoms with van der Waals surface area (Å²) in [5.41, 5.74) is 5.40. The van der Waals surface area contributed by atoms with Gasteiger partial charge in [-0.3, -0.25) is 18.6 Å². The Bertz CT molecular complexity index is 1600. The predicted molar refractivity (Wildman–Crippen MR) is 349 cm³/mol. The molecule has 0 aliphatic carbocycles. The van der Waals surface area contributed by atoms with Crippen molar-refractivity contribution in [3.8, 4) is 0 Å². The van der Waals surface area contributed by atoms with E-state index in [2.05, 4.69) is 98.9 Å². The first kappa shape index (κ1) is 78.2. The van der Waals surface area contributed by atoms with Crippen LogP contribution in [0.25, 0.3) is 0 Å². The second-order valence-electron chi connectivity index (χ2n) is 22.7. The molecule has 0 radical (unpaired) electrons. The van der Waals surface area contributed by atoms with Crippen LogP contribution in [-0.2, 0) is 32.7 Å². The van der Waals surface area contributed by atoms with Gasteiger partial charge in [0.05, 0.1) is 13.2 Å². The molecule has 0 aliphatic heterocycles. The van der Waals surface area contributed by atoms with Crippen LogP contribution in [0.5, 0.6) is 0 Å². The molecule has 0 spiro atoms. The first-order valence-corrected chi connectivity index (χ1v) is 35.6. The van der Waals surface area contributed by atoms with Crippen LogP contribution in [-0.4, -0.2) is 49.3 Å². The highest BCUT2D eigenvalue weighted by Gasteiger charge is 2.26. The van der Waals surface area contributed by atoms with Gasteiger partial charge in [0, 0.05) is 19.4 Å². The molecule has 0 rings (SSSR count). The lowest BCUT2D eigenvalue weighted by molar-refractivity contribution is -0.161. The Morgan fingerprint density at radius 1 is 0.383 bits per heavy atom. The minimum Gasteiger partial charge on any atom is -0.462 e. The molecule has 470 valence electrons. The predicted octanol–water partition coefficient (Wildman–Crippen LogP) is 22.2. The first-order valence-electron chi connectivity index (χ1n) is 34.1. The molecule has 0 aromatic heterocycles. The maximum Gasteiger partial charge on any atom is 0.472 e. The summed E-state index contributed by atoms with van der Waals surface area (Å²) in [5, 5.41) is 0. The third kappa shape index (κ3) is 66.2. The number of hydrogen-bond donors (Lipinski definition) is 2. The van der Waals surface area contributed by atoms with Crippen LogP contribution in [0, 0.1) is 0 Å². The number of ether oxygens (including phenoxy) is 2. The monoisotopic (exact) mass is 1150 g/mol. The van der Waals surface area contributed by atoms with E-state index in [9.17, 15) is 19.0 Å². The van der Waals surface area contributed by atoms with Crippen LogP contribution in [0.15, 0.2) is 85.1 Å². The fourth-order valence-electron chi connectivity index (χ4n) is 9.80. The van der Waals surface area contributed by atoms with E-state index in [-0.39, 0.29) is 38.6 Å². The quantitative estimate of drug-likeness (QED) is 0.0264. The highest BCUT2D eigenvalue weighted by atomic mass is 31.2. The van der Waals surface area contributed by atoms with Gasteiger partial charge < -0.3 is 20.1 Å². The van der Waals surface area contributed by atoms with Crippen molar-refractivity contribution >= 4 is 19.8 Å². The molecule has 10 heteroatoms. The average Bonchev–Trinajstić information content (AvgIpc) is 3.46. The average molecular weight is 1150 g/mol. The van der Waals surface area contributed by atoms with Crippen molar-refractivity contribution in [3.63, 3.8) is 0 Å². The van der Waals surface area contributed by atoms with Gasteiger partial charge in [-0.15, -0.1) is 0 Å². The number of allylic oxidation sites excluding steroid dienone is 14. The van der Waals surface area contributed by atoms with E-state index < -0.39 is 26.5 Å². The second-order valence-corrected chi connectivity index (χ2v) is 24.1. The summed E-state index contributed by atoms with van der Waals surface area (Å²) in [5.74, 6) is -0.842. The standard InChI is InChI=1S/C71H128NO8P/c1-3-5-7-9-11-13-15-17-19-21-23-25-27-29-31-32-33-34-35-36-38-39-41-43-45-47-49-51-53-55-57-59-61-63-70(73)77-67-69(68-79-81(75,76)78-66-65-72)80-71(74)64-62-60-58-56-54-52-50-48-46-44-42-40-37-30-28-26-24-22-20-18-16-14-12-10-8-6-4-2/h6,8,12,14,18,20,24,26,30,37,42,44,48,50,69H,3-5,7,9-11,13,15-17,19,21-23,25,27-29,31-36,38-41,43,45-47,49,51-68,72H2,1-2H3,(H,75,76)/b8-6-,14-12-,20-18-,26-24-,37-30-,44-42-,50-48-. The number of unbranched alkanes of at least 4 members (excludes halogenated alkanes) is 37. The van der Waals surface area contributed by atoms with Crippen LogP contribution in [0.4, 0.5) is 0 Å². The summed E-state index contributed by atoms with van der Waals surface area (Å²) in [6, 6.07) is 0. The normalized spacial score (nSPS) is 13.5. The molecule has 0 aliphatic rings. The molecule has 2 atom stereocenters. The van der Waals surface area contributed by atoms with Gasteiger partial charge in [-0.25, -0.2) is 4.57 Å². The van der Waals surface area contributed by atoms with Gasteiger partial charge >= 0.3 is 19.8 Å². The Hall–Kier alpha value is -2.81. The first-order chi connectivity index (χ1) is 39.8. The van der Waals surface area contributed by atoms with E-state index >= 15 is 0 Å². The van der Waals surface area contributed by atoms with Crippen LogP contribution in [0.2, 0.25) is 0 Å². The minimum atomic E-state index is -4.40. The highest BCUT2D eigenvalue weighted by molar-refractivity contribution is 7.47. The van der Waals surface area contributed by atoms with E-state index in [1.54, 1.807) is 0 Å². The van der Waals surface area contributed by atoms with Crippen molar-refractivity contribution in [2.75, 3.05) is 26.4 Å². The zero-order chi connectivity index (χ0) is 58.7. The Morgan fingerprint density at radius 2 is 0.679 bits per heavy atom. The summed E-state index contributed by atoms with van der Waals surface area (Å²) in [4.78, 5) is 35.3.